The lowest BCUT2D eigenvalue weighted by Crippen LogP contribution is -2.54. The van der Waals surface area contributed by atoms with Gasteiger partial charge in [-0.3, -0.25) is 10.2 Å². The van der Waals surface area contributed by atoms with Crippen LogP contribution in [0.25, 0.3) is 0 Å². The molecule has 3 unspecified atom stereocenters. The Hall–Kier alpha value is -3.10. The highest BCUT2D eigenvalue weighted by atomic mass is 35.5. The summed E-state index contributed by atoms with van der Waals surface area (Å²) in [6, 6.07) is 11.5. The Morgan fingerprint density at radius 1 is 1.21 bits per heavy atom. The van der Waals surface area contributed by atoms with Crippen molar-refractivity contribution in [1.82, 2.24) is 26.1 Å². The Bertz CT molecular complexity index is 1170. The summed E-state index contributed by atoms with van der Waals surface area (Å²) in [5.41, 5.74) is 11.5. The van der Waals surface area contributed by atoms with Crippen LogP contribution in [0.4, 0.5) is 4.39 Å². The molecule has 0 saturated carbocycles. The standard InChI is InChI=1S/C25H28ClFN6O/c1-15-3-5-18(11-16(15)2)21-13-22-25-30-29-23(32(25)9-10-33(22)31-21)7-8-24(34)28-14-17-4-6-20(27)19(26)12-17/h3-6,9-12,21-22,25,30-31H,7-8,13-14H2,1-2H3,(H,28,34). The first-order valence-electron chi connectivity index (χ1n) is 11.5. The van der Waals surface area contributed by atoms with Crippen molar-refractivity contribution in [1.29, 1.82) is 0 Å². The first-order chi connectivity index (χ1) is 16.4. The van der Waals surface area contributed by atoms with Gasteiger partial charge >= 0.3 is 0 Å². The number of carbonyl (C=O) groups is 1. The first kappa shape index (κ1) is 22.7. The lowest BCUT2D eigenvalue weighted by Gasteiger charge is -2.37. The van der Waals surface area contributed by atoms with E-state index in [0.717, 1.165) is 17.8 Å². The highest BCUT2D eigenvalue weighted by Gasteiger charge is 2.44. The number of amidine groups is 1. The van der Waals surface area contributed by atoms with Crippen molar-refractivity contribution < 1.29 is 9.18 Å². The molecule has 5 rings (SSSR count). The summed E-state index contributed by atoms with van der Waals surface area (Å²) in [7, 11) is 0. The summed E-state index contributed by atoms with van der Waals surface area (Å²) in [5, 5.41) is 9.60. The van der Waals surface area contributed by atoms with E-state index in [1.54, 1.807) is 6.07 Å². The minimum Gasteiger partial charge on any atom is -0.352 e. The normalized spacial score (nSPS) is 22.8. The van der Waals surface area contributed by atoms with Crippen LogP contribution in [0.15, 0.2) is 53.9 Å². The lowest BCUT2D eigenvalue weighted by molar-refractivity contribution is -0.121. The summed E-state index contributed by atoms with van der Waals surface area (Å²) < 4.78 is 13.3. The molecule has 3 atom stereocenters. The van der Waals surface area contributed by atoms with E-state index in [0.29, 0.717) is 19.4 Å². The first-order valence-corrected chi connectivity index (χ1v) is 11.9. The van der Waals surface area contributed by atoms with Gasteiger partial charge in [-0.15, -0.1) is 0 Å². The zero-order valence-electron chi connectivity index (χ0n) is 19.2. The maximum absolute atomic E-state index is 13.3. The van der Waals surface area contributed by atoms with E-state index in [2.05, 4.69) is 63.2 Å². The van der Waals surface area contributed by atoms with Crippen LogP contribution in [0.2, 0.25) is 5.02 Å². The summed E-state index contributed by atoms with van der Waals surface area (Å²) in [5.74, 6) is 0.283. The molecule has 1 amide bonds. The number of halogens is 2. The zero-order chi connectivity index (χ0) is 23.8. The van der Waals surface area contributed by atoms with Crippen LogP contribution in [-0.2, 0) is 11.3 Å². The molecule has 1 fully saturated rings. The van der Waals surface area contributed by atoms with E-state index in [-0.39, 0.29) is 29.2 Å². The van der Waals surface area contributed by atoms with Gasteiger partial charge in [0, 0.05) is 31.8 Å². The van der Waals surface area contributed by atoms with Gasteiger partial charge in [0.05, 0.1) is 17.1 Å². The molecule has 3 N–H and O–H groups in total. The third-order valence-corrected chi connectivity index (χ3v) is 7.09. The number of hydrazine groups is 1. The number of hydrazone groups is 1. The smallest absolute Gasteiger partial charge is 0.220 e. The van der Waals surface area contributed by atoms with Gasteiger partial charge < -0.3 is 15.2 Å². The molecule has 0 radical (unpaired) electrons. The Balaban J connectivity index is 1.14. The van der Waals surface area contributed by atoms with E-state index in [9.17, 15) is 9.18 Å². The minimum atomic E-state index is -0.469. The number of carbonyl (C=O) groups excluding carboxylic acids is 1. The van der Waals surface area contributed by atoms with Gasteiger partial charge in [-0.1, -0.05) is 35.9 Å². The molecule has 0 spiro atoms. The molecule has 3 aliphatic rings. The van der Waals surface area contributed by atoms with Crippen LogP contribution >= 0.6 is 11.6 Å². The quantitative estimate of drug-likeness (QED) is 0.583. The molecule has 0 bridgehead atoms. The van der Waals surface area contributed by atoms with Gasteiger partial charge in [0.15, 0.2) is 0 Å². The van der Waals surface area contributed by atoms with Gasteiger partial charge in [-0.25, -0.2) is 9.82 Å². The summed E-state index contributed by atoms with van der Waals surface area (Å²) >= 11 is 5.81. The Morgan fingerprint density at radius 2 is 2.06 bits per heavy atom. The fourth-order valence-electron chi connectivity index (χ4n) is 4.67. The molecule has 0 aromatic heterocycles. The van der Waals surface area contributed by atoms with Crippen molar-refractivity contribution in [2.24, 2.45) is 5.10 Å². The summed E-state index contributed by atoms with van der Waals surface area (Å²) in [4.78, 5) is 14.5. The molecule has 1 saturated heterocycles. The van der Waals surface area contributed by atoms with Gasteiger partial charge in [-0.2, -0.15) is 5.10 Å². The van der Waals surface area contributed by atoms with E-state index in [1.165, 1.54) is 28.8 Å². The van der Waals surface area contributed by atoms with Crippen molar-refractivity contribution in [3.63, 3.8) is 0 Å². The second-order valence-corrected chi connectivity index (χ2v) is 9.48. The number of hydrogen-bond acceptors (Lipinski definition) is 6. The second-order valence-electron chi connectivity index (χ2n) is 9.07. The largest absolute Gasteiger partial charge is 0.352 e. The molecular formula is C25H28ClFN6O. The van der Waals surface area contributed by atoms with Crippen LogP contribution in [0.5, 0.6) is 0 Å². The van der Waals surface area contributed by atoms with E-state index in [1.807, 2.05) is 12.4 Å². The predicted molar refractivity (Wildman–Crippen MR) is 130 cm³/mol. The number of nitrogens with one attached hydrogen (secondary N) is 3. The number of aryl methyl sites for hydroxylation is 2. The van der Waals surface area contributed by atoms with Gasteiger partial charge in [-0.05, 0) is 54.7 Å². The second kappa shape index (κ2) is 9.27. The molecule has 3 aliphatic heterocycles. The van der Waals surface area contributed by atoms with Crippen molar-refractivity contribution in [2.75, 3.05) is 0 Å². The number of benzene rings is 2. The van der Waals surface area contributed by atoms with Crippen molar-refractivity contribution >= 4 is 23.3 Å². The fraction of sp³-hybridized carbons (Fsp3) is 0.360. The number of amides is 1. The highest BCUT2D eigenvalue weighted by molar-refractivity contribution is 6.30. The van der Waals surface area contributed by atoms with Crippen molar-refractivity contribution in [3.8, 4) is 0 Å². The molecule has 178 valence electrons. The number of hydrogen-bond donors (Lipinski definition) is 3. The zero-order valence-corrected chi connectivity index (χ0v) is 19.9. The number of nitrogens with zero attached hydrogens (tertiary/aromatic N) is 3. The average Bonchev–Trinajstić information content (AvgIpc) is 3.44. The number of fused-ring (bicyclic) bond motifs is 3. The van der Waals surface area contributed by atoms with Gasteiger partial charge in [0.1, 0.15) is 17.8 Å². The topological polar surface area (TPSA) is 72.0 Å². The van der Waals surface area contributed by atoms with Crippen molar-refractivity contribution in [2.45, 2.75) is 57.9 Å². The molecule has 7 nitrogen and oxygen atoms in total. The third-order valence-electron chi connectivity index (χ3n) is 6.80. The van der Waals surface area contributed by atoms with Crippen LogP contribution in [-0.4, -0.2) is 33.9 Å². The van der Waals surface area contributed by atoms with E-state index >= 15 is 0 Å². The Morgan fingerprint density at radius 3 is 2.85 bits per heavy atom. The van der Waals surface area contributed by atoms with E-state index < -0.39 is 5.82 Å². The third kappa shape index (κ3) is 4.48. The van der Waals surface area contributed by atoms with Crippen LogP contribution in [0.3, 0.4) is 0 Å². The van der Waals surface area contributed by atoms with Crippen LogP contribution < -0.4 is 16.2 Å². The lowest BCUT2D eigenvalue weighted by atomic mass is 9.97. The Labute approximate surface area is 203 Å². The predicted octanol–water partition coefficient (Wildman–Crippen LogP) is 3.84. The van der Waals surface area contributed by atoms with Crippen molar-refractivity contribution in [3.05, 3.63) is 81.9 Å². The van der Waals surface area contributed by atoms with Crippen LogP contribution in [0.1, 0.15) is 47.6 Å². The molecular weight excluding hydrogens is 455 g/mol. The highest BCUT2D eigenvalue weighted by Crippen LogP contribution is 2.34. The molecule has 2 aromatic carbocycles. The van der Waals surface area contributed by atoms with Gasteiger partial charge in [0.2, 0.25) is 5.91 Å². The monoisotopic (exact) mass is 482 g/mol. The summed E-state index contributed by atoms with van der Waals surface area (Å²) in [6.07, 6.45) is 5.85. The SMILES string of the molecule is Cc1ccc(C2CC3C4NN=C(CCC(=O)NCc5ccc(F)c(Cl)c5)N4C=CN3N2)cc1C. The van der Waals surface area contributed by atoms with Gasteiger partial charge in [0.25, 0.3) is 0 Å². The molecule has 9 heteroatoms. The number of rotatable bonds is 6. The fourth-order valence-corrected chi connectivity index (χ4v) is 4.88. The molecule has 34 heavy (non-hydrogen) atoms. The minimum absolute atomic E-state index is 0.0217. The molecule has 0 aliphatic carbocycles. The molecule has 2 aromatic rings. The maximum Gasteiger partial charge on any atom is 0.220 e. The Kier molecular flexibility index (Phi) is 6.18. The van der Waals surface area contributed by atoms with Crippen LogP contribution in [0, 0.1) is 19.7 Å². The van der Waals surface area contributed by atoms with E-state index in [4.69, 9.17) is 11.6 Å². The maximum atomic E-state index is 13.3. The average molecular weight is 483 g/mol. The molecule has 3 heterocycles. The summed E-state index contributed by atoms with van der Waals surface area (Å²) in [6.45, 7) is 4.58.